The van der Waals surface area contributed by atoms with Gasteiger partial charge in [-0.05, 0) is 105 Å². The molecule has 102 heavy (non-hydrogen) atoms. The highest BCUT2D eigenvalue weighted by atomic mass is 16.5. The van der Waals surface area contributed by atoms with Gasteiger partial charge in [-0.15, -0.1) is 0 Å². The molecule has 0 saturated heterocycles. The summed E-state index contributed by atoms with van der Waals surface area (Å²) in [6.07, 6.45) is 35.1. The normalized spacial score (nSPS) is 10.8. The second-order valence-corrected chi connectivity index (χ2v) is 25.8. The first-order valence-electron chi connectivity index (χ1n) is 37.3. The Morgan fingerprint density at radius 1 is 0.284 bits per heavy atom. The van der Waals surface area contributed by atoms with E-state index in [2.05, 4.69) is 67.6 Å². The van der Waals surface area contributed by atoms with Gasteiger partial charge in [0.15, 0.2) is 0 Å². The van der Waals surface area contributed by atoms with Gasteiger partial charge in [-0.1, -0.05) is 217 Å². The van der Waals surface area contributed by atoms with Crippen LogP contribution in [0.2, 0.25) is 0 Å². The van der Waals surface area contributed by atoms with Crippen LogP contribution in [-0.2, 0) is 20.8 Å². The van der Waals surface area contributed by atoms with Gasteiger partial charge in [0.05, 0.1) is 19.8 Å². The van der Waals surface area contributed by atoms with Gasteiger partial charge < -0.3 is 55.6 Å². The summed E-state index contributed by atoms with van der Waals surface area (Å²) in [4.78, 5) is 62.1. The first kappa shape index (κ1) is 79.5. The molecule has 20 nitrogen and oxygen atoms in total. The minimum atomic E-state index is -0.437. The van der Waals surface area contributed by atoms with Crippen molar-refractivity contribution in [2.24, 2.45) is 0 Å². The van der Waals surface area contributed by atoms with Crippen molar-refractivity contribution in [3.63, 3.8) is 0 Å². The number of carbonyl (C=O) groups excluding carboxylic acids is 3. The van der Waals surface area contributed by atoms with Crippen molar-refractivity contribution in [2.75, 3.05) is 51.7 Å². The molecule has 2 aromatic heterocycles. The maximum absolute atomic E-state index is 11.6. The number of esters is 2. The Bertz CT molecular complexity index is 3340. The second kappa shape index (κ2) is 47.3. The molecule has 546 valence electrons. The molecule has 6 aromatic carbocycles. The number of ether oxygens (including phenoxy) is 5. The SMILES string of the molecule is CC(=O)Cc1cccc(Nc2nc(Nc3cccc(OC(C)=O)c3)nc(Nc3cccc(OC(C)=O)c3)n2)c1.CCCCCCCCCCCOc1cccc(Nc2nc(Nc3cccc(OCCCCCCCCCCC)c3)nc(Nc3cccc(OCCCCCCCCCCC)c3)n2)c1. The van der Waals surface area contributed by atoms with Crippen LogP contribution >= 0.6 is 0 Å². The molecule has 6 N–H and O–H groups in total. The summed E-state index contributed by atoms with van der Waals surface area (Å²) in [5.74, 6) is 4.21. The van der Waals surface area contributed by atoms with Gasteiger partial charge in [-0.25, -0.2) is 0 Å². The zero-order valence-electron chi connectivity index (χ0n) is 61.2. The van der Waals surface area contributed by atoms with Crippen molar-refractivity contribution in [3.8, 4) is 28.7 Å². The van der Waals surface area contributed by atoms with Gasteiger partial charge in [0.2, 0.25) is 35.7 Å². The maximum Gasteiger partial charge on any atom is 0.308 e. The molecular weight excluding hydrogens is 1280 g/mol. The van der Waals surface area contributed by atoms with Crippen molar-refractivity contribution < 1.29 is 38.1 Å². The van der Waals surface area contributed by atoms with Crippen molar-refractivity contribution in [1.82, 2.24) is 29.9 Å². The van der Waals surface area contributed by atoms with E-state index in [1.165, 1.54) is 175 Å². The van der Waals surface area contributed by atoms with Crippen LogP contribution in [0.5, 0.6) is 28.7 Å². The topological polar surface area (TPSA) is 247 Å². The highest BCUT2D eigenvalue weighted by molar-refractivity contribution is 5.79. The molecule has 0 aliphatic heterocycles. The number of anilines is 12. The Labute approximate surface area is 605 Å². The third kappa shape index (κ3) is 33.5. The van der Waals surface area contributed by atoms with Crippen LogP contribution in [0.4, 0.5) is 69.8 Å². The quantitative estimate of drug-likeness (QED) is 0.0118. The third-order valence-electron chi connectivity index (χ3n) is 16.4. The molecule has 0 atom stereocenters. The minimum absolute atomic E-state index is 0.0530. The van der Waals surface area contributed by atoms with E-state index in [1.807, 2.05) is 97.1 Å². The molecular formula is C82H110N12O8. The zero-order chi connectivity index (χ0) is 72.0. The maximum atomic E-state index is 11.6. The van der Waals surface area contributed by atoms with E-state index in [4.69, 9.17) is 38.6 Å². The standard InChI is InChI=1S/C54H84N6O3.C28H26N6O5/c1-4-7-10-13-16-19-22-25-28-40-61-49-37-31-34-46(43-49)55-52-58-53(56-47-35-32-38-50(44-47)62-41-29-26-23-20-17-14-11-8-5-2)60-54(59-52)57-48-36-33-39-51(45-48)63-42-30-27-24-21-18-15-12-9-6-3;1-17(35)13-20-7-4-8-21(14-20)29-26-32-27(30-22-9-5-11-24(15-22)38-18(2)36)34-28(33-26)31-23-10-6-12-25(16-23)39-19(3)37/h31-39,43-45H,4-30,40-42H2,1-3H3,(H3,55,56,57,58,59,60);4-12,14-16H,13H2,1-3H3,(H3,29,30,31,32,33,34). The Morgan fingerprint density at radius 2 is 0.510 bits per heavy atom. The largest absolute Gasteiger partial charge is 0.494 e. The highest BCUT2D eigenvalue weighted by Crippen LogP contribution is 2.30. The van der Waals surface area contributed by atoms with Crippen molar-refractivity contribution >= 4 is 87.5 Å². The molecule has 8 rings (SSSR count). The van der Waals surface area contributed by atoms with E-state index in [-0.39, 0.29) is 23.6 Å². The third-order valence-corrected chi connectivity index (χ3v) is 16.4. The van der Waals surface area contributed by atoms with Gasteiger partial charge in [0.25, 0.3) is 0 Å². The van der Waals surface area contributed by atoms with Crippen LogP contribution in [0, 0.1) is 0 Å². The van der Waals surface area contributed by atoms with E-state index in [0.717, 1.165) is 59.1 Å². The second-order valence-electron chi connectivity index (χ2n) is 25.8. The number of ketones is 1. The smallest absolute Gasteiger partial charge is 0.308 e. The summed E-state index contributed by atoms with van der Waals surface area (Å²) in [5.41, 5.74) is 5.20. The molecule has 20 heteroatoms. The number of rotatable bonds is 49. The van der Waals surface area contributed by atoms with E-state index in [0.29, 0.717) is 72.6 Å². The summed E-state index contributed by atoms with van der Waals surface area (Å²) in [7, 11) is 0. The molecule has 0 aliphatic rings. The average molecular weight is 1390 g/mol. The van der Waals surface area contributed by atoms with Crippen LogP contribution in [-0.4, -0.2) is 67.4 Å². The fourth-order valence-electron chi connectivity index (χ4n) is 11.3. The van der Waals surface area contributed by atoms with Crippen molar-refractivity contribution in [2.45, 2.75) is 221 Å². The van der Waals surface area contributed by atoms with Crippen LogP contribution in [0.25, 0.3) is 0 Å². The first-order valence-corrected chi connectivity index (χ1v) is 37.3. The van der Waals surface area contributed by atoms with Gasteiger partial charge >= 0.3 is 11.9 Å². The molecule has 0 saturated carbocycles. The average Bonchev–Trinajstić information content (AvgIpc) is 0.837. The van der Waals surface area contributed by atoms with Crippen molar-refractivity contribution in [1.29, 1.82) is 0 Å². The number of hydrogen-bond donors (Lipinski definition) is 6. The van der Waals surface area contributed by atoms with E-state index < -0.39 is 11.9 Å². The fraction of sp³-hybridized carbons (Fsp3) is 0.451. The van der Waals surface area contributed by atoms with Crippen LogP contribution in [0.1, 0.15) is 220 Å². The van der Waals surface area contributed by atoms with Gasteiger partial charge in [0, 0.05) is 84.7 Å². The molecule has 0 radical (unpaired) electrons. The Hall–Kier alpha value is -9.85. The first-order chi connectivity index (χ1) is 49.9. The van der Waals surface area contributed by atoms with E-state index in [1.54, 1.807) is 48.5 Å². The number of unbranched alkanes of at least 4 members (excludes halogenated alkanes) is 24. The molecule has 0 bridgehead atoms. The molecule has 0 unspecified atom stereocenters. The minimum Gasteiger partial charge on any atom is -0.494 e. The van der Waals surface area contributed by atoms with Gasteiger partial charge in [0.1, 0.15) is 34.5 Å². The highest BCUT2D eigenvalue weighted by Gasteiger charge is 2.14. The predicted molar refractivity (Wildman–Crippen MR) is 413 cm³/mol. The Morgan fingerprint density at radius 3 is 0.765 bits per heavy atom. The number of aromatic nitrogens is 6. The summed E-state index contributed by atoms with van der Waals surface area (Å²) in [6.45, 7) is 13.1. The predicted octanol–water partition coefficient (Wildman–Crippen LogP) is 21.9. The van der Waals surface area contributed by atoms with E-state index >= 15 is 0 Å². The van der Waals surface area contributed by atoms with Crippen molar-refractivity contribution in [3.05, 3.63) is 151 Å². The van der Waals surface area contributed by atoms with Crippen LogP contribution in [0.3, 0.4) is 0 Å². The molecule has 0 aliphatic carbocycles. The summed E-state index contributed by atoms with van der Waals surface area (Å²) in [6, 6.07) is 44.9. The zero-order valence-corrected chi connectivity index (χ0v) is 61.2. The van der Waals surface area contributed by atoms with Crippen LogP contribution in [0.15, 0.2) is 146 Å². The van der Waals surface area contributed by atoms with E-state index in [9.17, 15) is 14.4 Å². The Balaban J connectivity index is 0.000000318. The Kier molecular flexibility index (Phi) is 36.9. The lowest BCUT2D eigenvalue weighted by Gasteiger charge is -2.14. The number of Topliss-reactive ketones (excluding diaryl/α,β-unsaturated/α-hetero) is 1. The van der Waals surface area contributed by atoms with Gasteiger partial charge in [-0.3, -0.25) is 14.4 Å². The summed E-state index contributed by atoms with van der Waals surface area (Å²) < 4.78 is 28.8. The summed E-state index contributed by atoms with van der Waals surface area (Å²) in [5, 5.41) is 19.6. The summed E-state index contributed by atoms with van der Waals surface area (Å²) >= 11 is 0. The lowest BCUT2D eigenvalue weighted by molar-refractivity contribution is -0.132. The number of benzene rings is 6. The molecule has 2 heterocycles. The molecule has 8 aromatic rings. The lowest BCUT2D eigenvalue weighted by Crippen LogP contribution is -2.08. The fourth-order valence-corrected chi connectivity index (χ4v) is 11.3. The lowest BCUT2D eigenvalue weighted by atomic mass is 10.1. The molecule has 0 amide bonds. The molecule has 0 spiro atoms. The number of carbonyl (C=O) groups is 3. The monoisotopic (exact) mass is 1390 g/mol. The van der Waals surface area contributed by atoms with Gasteiger partial charge in [-0.2, -0.15) is 29.9 Å². The number of nitrogens with one attached hydrogen (secondary N) is 6. The van der Waals surface area contributed by atoms with Crippen LogP contribution < -0.4 is 55.6 Å². The number of nitrogens with zero attached hydrogens (tertiary/aromatic N) is 6. The molecule has 0 fully saturated rings. The number of hydrogen-bond acceptors (Lipinski definition) is 20.